The van der Waals surface area contributed by atoms with Gasteiger partial charge in [-0.25, -0.2) is 0 Å². The van der Waals surface area contributed by atoms with Gasteiger partial charge in [-0.1, -0.05) is 44.2 Å². The van der Waals surface area contributed by atoms with Gasteiger partial charge in [-0.3, -0.25) is 0 Å². The Hall–Kier alpha value is -0.860. The highest BCUT2D eigenvalue weighted by molar-refractivity contribution is 5.19. The molecule has 0 fully saturated rings. The SMILES string of the molecule is CCCNCC(C)NCC(CC)c1ccccc1. The number of rotatable bonds is 9. The number of hydrogen-bond acceptors (Lipinski definition) is 2. The maximum Gasteiger partial charge on any atom is 0.0164 e. The predicted octanol–water partition coefficient (Wildman–Crippen LogP) is 3.16. The minimum absolute atomic E-state index is 0.536. The molecule has 0 saturated heterocycles. The van der Waals surface area contributed by atoms with E-state index in [2.05, 4.69) is 61.7 Å². The molecule has 18 heavy (non-hydrogen) atoms. The first-order valence-electron chi connectivity index (χ1n) is 7.27. The molecule has 0 saturated carbocycles. The standard InChI is InChI=1S/C16H28N2/c1-4-11-17-12-14(3)18-13-15(5-2)16-9-7-6-8-10-16/h6-10,14-15,17-18H,4-5,11-13H2,1-3H3. The van der Waals surface area contributed by atoms with E-state index in [0.717, 1.165) is 19.6 Å². The van der Waals surface area contributed by atoms with E-state index in [1.807, 2.05) is 0 Å². The third-order valence-electron chi connectivity index (χ3n) is 3.35. The lowest BCUT2D eigenvalue weighted by Crippen LogP contribution is -2.38. The Morgan fingerprint density at radius 1 is 1.06 bits per heavy atom. The lowest BCUT2D eigenvalue weighted by atomic mass is 9.96. The van der Waals surface area contributed by atoms with E-state index in [4.69, 9.17) is 0 Å². The zero-order valence-corrected chi connectivity index (χ0v) is 12.1. The van der Waals surface area contributed by atoms with E-state index in [-0.39, 0.29) is 0 Å². The van der Waals surface area contributed by atoms with Crippen LogP contribution in [0.5, 0.6) is 0 Å². The Morgan fingerprint density at radius 2 is 1.78 bits per heavy atom. The zero-order valence-electron chi connectivity index (χ0n) is 12.1. The van der Waals surface area contributed by atoms with Crippen molar-refractivity contribution in [2.75, 3.05) is 19.6 Å². The molecule has 0 amide bonds. The van der Waals surface area contributed by atoms with Crippen molar-refractivity contribution < 1.29 is 0 Å². The quantitative estimate of drug-likeness (QED) is 0.656. The van der Waals surface area contributed by atoms with Crippen LogP contribution in [0.4, 0.5) is 0 Å². The van der Waals surface area contributed by atoms with Gasteiger partial charge in [0.25, 0.3) is 0 Å². The first kappa shape index (κ1) is 15.2. The van der Waals surface area contributed by atoms with Crippen LogP contribution in [0.25, 0.3) is 0 Å². The maximum absolute atomic E-state index is 3.63. The maximum atomic E-state index is 3.63. The first-order valence-corrected chi connectivity index (χ1v) is 7.27. The minimum atomic E-state index is 0.536. The van der Waals surface area contributed by atoms with Crippen LogP contribution >= 0.6 is 0 Å². The number of benzene rings is 1. The van der Waals surface area contributed by atoms with Crippen LogP contribution in [0.1, 0.15) is 45.1 Å². The number of hydrogen-bond donors (Lipinski definition) is 2. The van der Waals surface area contributed by atoms with E-state index in [1.165, 1.54) is 18.4 Å². The Morgan fingerprint density at radius 3 is 2.39 bits per heavy atom. The van der Waals surface area contributed by atoms with Gasteiger partial charge >= 0.3 is 0 Å². The average Bonchev–Trinajstić information content (AvgIpc) is 2.41. The molecule has 2 unspecified atom stereocenters. The minimum Gasteiger partial charge on any atom is -0.315 e. The van der Waals surface area contributed by atoms with Gasteiger partial charge in [0.15, 0.2) is 0 Å². The lowest BCUT2D eigenvalue weighted by Gasteiger charge is -2.20. The van der Waals surface area contributed by atoms with Gasteiger partial charge in [-0.05, 0) is 37.8 Å². The van der Waals surface area contributed by atoms with Crippen molar-refractivity contribution in [3.05, 3.63) is 35.9 Å². The summed E-state index contributed by atoms with van der Waals surface area (Å²) in [5.74, 6) is 0.625. The lowest BCUT2D eigenvalue weighted by molar-refractivity contribution is 0.470. The number of nitrogens with one attached hydrogen (secondary N) is 2. The molecule has 2 heteroatoms. The summed E-state index contributed by atoms with van der Waals surface area (Å²) in [6, 6.07) is 11.3. The fourth-order valence-corrected chi connectivity index (χ4v) is 2.13. The molecule has 0 spiro atoms. The second-order valence-corrected chi connectivity index (χ2v) is 5.03. The molecule has 2 nitrogen and oxygen atoms in total. The first-order chi connectivity index (χ1) is 8.77. The van der Waals surface area contributed by atoms with Gasteiger partial charge in [0.05, 0.1) is 0 Å². The molecule has 0 aliphatic carbocycles. The van der Waals surface area contributed by atoms with Crippen LogP contribution in [0.15, 0.2) is 30.3 Å². The molecule has 2 N–H and O–H groups in total. The summed E-state index contributed by atoms with van der Waals surface area (Å²) in [5.41, 5.74) is 1.45. The molecule has 0 aliphatic rings. The highest BCUT2D eigenvalue weighted by atomic mass is 15.0. The van der Waals surface area contributed by atoms with Gasteiger partial charge in [0.1, 0.15) is 0 Å². The van der Waals surface area contributed by atoms with Crippen LogP contribution < -0.4 is 10.6 Å². The van der Waals surface area contributed by atoms with Gasteiger partial charge in [0, 0.05) is 19.1 Å². The fraction of sp³-hybridized carbons (Fsp3) is 0.625. The van der Waals surface area contributed by atoms with Gasteiger partial charge < -0.3 is 10.6 Å². The molecule has 1 aromatic rings. The summed E-state index contributed by atoms with van der Waals surface area (Å²) in [7, 11) is 0. The molecule has 0 aromatic heterocycles. The van der Waals surface area contributed by atoms with Crippen molar-refractivity contribution in [2.24, 2.45) is 0 Å². The Balaban J connectivity index is 2.31. The van der Waals surface area contributed by atoms with Gasteiger partial charge in [0.2, 0.25) is 0 Å². The Kier molecular flexibility index (Phi) is 7.70. The summed E-state index contributed by atoms with van der Waals surface area (Å²) in [5, 5.41) is 7.08. The van der Waals surface area contributed by atoms with Crippen LogP contribution in [-0.2, 0) is 0 Å². The zero-order chi connectivity index (χ0) is 13.2. The van der Waals surface area contributed by atoms with Crippen molar-refractivity contribution >= 4 is 0 Å². The molecule has 1 aromatic carbocycles. The summed E-state index contributed by atoms with van der Waals surface area (Å²) in [4.78, 5) is 0. The van der Waals surface area contributed by atoms with Crippen LogP contribution in [-0.4, -0.2) is 25.7 Å². The normalized spacial score (nSPS) is 14.4. The monoisotopic (exact) mass is 248 g/mol. The largest absolute Gasteiger partial charge is 0.315 e. The van der Waals surface area contributed by atoms with Crippen molar-refractivity contribution in [3.8, 4) is 0 Å². The molecular formula is C16H28N2. The third-order valence-corrected chi connectivity index (χ3v) is 3.35. The molecule has 0 aliphatic heterocycles. The van der Waals surface area contributed by atoms with Crippen LogP contribution in [0.2, 0.25) is 0 Å². The smallest absolute Gasteiger partial charge is 0.0164 e. The highest BCUT2D eigenvalue weighted by Crippen LogP contribution is 2.17. The van der Waals surface area contributed by atoms with Crippen LogP contribution in [0.3, 0.4) is 0 Å². The second-order valence-electron chi connectivity index (χ2n) is 5.03. The van der Waals surface area contributed by atoms with Crippen molar-refractivity contribution in [1.82, 2.24) is 10.6 Å². The second kappa shape index (κ2) is 9.12. The van der Waals surface area contributed by atoms with Crippen molar-refractivity contribution in [3.63, 3.8) is 0 Å². The molecule has 2 atom stereocenters. The Bertz CT molecular complexity index is 297. The van der Waals surface area contributed by atoms with Gasteiger partial charge in [-0.15, -0.1) is 0 Å². The van der Waals surface area contributed by atoms with Crippen LogP contribution in [0, 0.1) is 0 Å². The summed E-state index contributed by atoms with van der Waals surface area (Å²) < 4.78 is 0. The fourth-order valence-electron chi connectivity index (χ4n) is 2.13. The van der Waals surface area contributed by atoms with Crippen molar-refractivity contribution in [2.45, 2.75) is 45.6 Å². The van der Waals surface area contributed by atoms with Crippen molar-refractivity contribution in [1.29, 1.82) is 0 Å². The summed E-state index contributed by atoms with van der Waals surface area (Å²) in [6.07, 6.45) is 2.39. The van der Waals surface area contributed by atoms with E-state index >= 15 is 0 Å². The van der Waals surface area contributed by atoms with Gasteiger partial charge in [-0.2, -0.15) is 0 Å². The summed E-state index contributed by atoms with van der Waals surface area (Å²) in [6.45, 7) is 9.95. The third kappa shape index (κ3) is 5.65. The molecule has 0 heterocycles. The molecule has 102 valence electrons. The Labute approximate surface area is 112 Å². The molecular weight excluding hydrogens is 220 g/mol. The van der Waals surface area contributed by atoms with E-state index < -0.39 is 0 Å². The average molecular weight is 248 g/mol. The predicted molar refractivity (Wildman–Crippen MR) is 80.1 cm³/mol. The van der Waals surface area contributed by atoms with E-state index in [9.17, 15) is 0 Å². The molecule has 0 bridgehead atoms. The van der Waals surface area contributed by atoms with E-state index in [0.29, 0.717) is 12.0 Å². The topological polar surface area (TPSA) is 24.1 Å². The van der Waals surface area contributed by atoms with E-state index in [1.54, 1.807) is 0 Å². The summed E-state index contributed by atoms with van der Waals surface area (Å²) >= 11 is 0. The highest BCUT2D eigenvalue weighted by Gasteiger charge is 2.10. The molecule has 0 radical (unpaired) electrons. The molecule has 1 rings (SSSR count).